The van der Waals surface area contributed by atoms with E-state index in [-0.39, 0.29) is 11.3 Å². The molecule has 0 radical (unpaired) electrons. The highest BCUT2D eigenvalue weighted by Crippen LogP contribution is 2.49. The molecule has 2 saturated carbocycles. The Bertz CT molecular complexity index is 1010. The maximum Gasteiger partial charge on any atom is 0.169 e. The van der Waals surface area contributed by atoms with Gasteiger partial charge in [-0.25, -0.2) is 13.2 Å². The second kappa shape index (κ2) is 12.5. The maximum absolute atomic E-state index is 15.6. The summed E-state index contributed by atoms with van der Waals surface area (Å²) < 4.78 is 45.4. The lowest BCUT2D eigenvalue weighted by Gasteiger charge is -2.42. The molecule has 0 nitrogen and oxygen atoms in total. The van der Waals surface area contributed by atoms with Gasteiger partial charge < -0.3 is 0 Å². The summed E-state index contributed by atoms with van der Waals surface area (Å²) in [5.41, 5.74) is 0.914. The van der Waals surface area contributed by atoms with Gasteiger partial charge in [-0.05, 0) is 98.1 Å². The van der Waals surface area contributed by atoms with Crippen LogP contribution >= 0.6 is 0 Å². The van der Waals surface area contributed by atoms with E-state index in [1.807, 2.05) is 25.1 Å². The van der Waals surface area contributed by atoms with Crippen molar-refractivity contribution >= 4 is 10.8 Å². The van der Waals surface area contributed by atoms with Gasteiger partial charge >= 0.3 is 0 Å². The van der Waals surface area contributed by atoms with E-state index in [1.54, 1.807) is 12.1 Å². The molecule has 2 aliphatic carbocycles. The third kappa shape index (κ3) is 6.15. The third-order valence-corrected chi connectivity index (χ3v) is 8.92. The Morgan fingerprint density at radius 2 is 1.63 bits per heavy atom. The number of unbranched alkanes of at least 4 members (excludes halogenated alkanes) is 4. The second-order valence-corrected chi connectivity index (χ2v) is 11.3. The maximum atomic E-state index is 15.6. The molecule has 2 fully saturated rings. The van der Waals surface area contributed by atoms with Crippen LogP contribution in [-0.4, -0.2) is 0 Å². The third-order valence-electron chi connectivity index (χ3n) is 8.92. The van der Waals surface area contributed by atoms with Crippen molar-refractivity contribution in [2.24, 2.45) is 17.8 Å². The van der Waals surface area contributed by atoms with Crippen LogP contribution in [0.4, 0.5) is 13.2 Å². The fourth-order valence-electron chi connectivity index (χ4n) is 6.92. The molecule has 4 rings (SSSR count). The van der Waals surface area contributed by atoms with E-state index in [1.165, 1.54) is 57.8 Å². The Balaban J connectivity index is 1.42. The minimum absolute atomic E-state index is 0.114. The lowest BCUT2D eigenvalue weighted by Crippen LogP contribution is -2.30. The van der Waals surface area contributed by atoms with Gasteiger partial charge in [-0.2, -0.15) is 0 Å². The van der Waals surface area contributed by atoms with Crippen LogP contribution < -0.4 is 0 Å². The number of fused-ring (bicyclic) bond motifs is 2. The van der Waals surface area contributed by atoms with Crippen LogP contribution in [0.3, 0.4) is 0 Å². The average Bonchev–Trinajstić information content (AvgIpc) is 2.86. The van der Waals surface area contributed by atoms with Gasteiger partial charge in [0.15, 0.2) is 11.6 Å². The summed E-state index contributed by atoms with van der Waals surface area (Å²) in [6, 6.07) is 5.28. The number of hydrogen-bond acceptors (Lipinski definition) is 0. The molecule has 2 unspecified atom stereocenters. The first-order valence-corrected chi connectivity index (χ1v) is 14.2. The summed E-state index contributed by atoms with van der Waals surface area (Å²) in [6.07, 6.45) is 20.0. The van der Waals surface area contributed by atoms with E-state index in [4.69, 9.17) is 0 Å². The zero-order valence-electron chi connectivity index (χ0n) is 21.7. The zero-order valence-corrected chi connectivity index (χ0v) is 21.7. The highest BCUT2D eigenvalue weighted by atomic mass is 19.2. The Labute approximate surface area is 210 Å². The summed E-state index contributed by atoms with van der Waals surface area (Å²) >= 11 is 0. The normalized spacial score (nSPS) is 24.8. The van der Waals surface area contributed by atoms with Crippen molar-refractivity contribution in [3.8, 4) is 0 Å². The second-order valence-electron chi connectivity index (χ2n) is 11.3. The molecule has 0 amide bonds. The van der Waals surface area contributed by atoms with Crippen LogP contribution in [0.2, 0.25) is 0 Å². The molecule has 4 atom stereocenters. The van der Waals surface area contributed by atoms with Crippen molar-refractivity contribution < 1.29 is 13.2 Å². The van der Waals surface area contributed by atoms with Gasteiger partial charge in [0.1, 0.15) is 5.82 Å². The summed E-state index contributed by atoms with van der Waals surface area (Å²) in [4.78, 5) is 0. The van der Waals surface area contributed by atoms with E-state index < -0.39 is 17.5 Å². The molecule has 0 N–H and O–H groups in total. The monoisotopic (exact) mass is 484 g/mol. The molecule has 35 heavy (non-hydrogen) atoms. The fourth-order valence-corrected chi connectivity index (χ4v) is 6.92. The van der Waals surface area contributed by atoms with Gasteiger partial charge in [0.25, 0.3) is 0 Å². The van der Waals surface area contributed by atoms with Crippen LogP contribution in [0.5, 0.6) is 0 Å². The molecule has 0 aliphatic heterocycles. The predicted octanol–water partition coefficient (Wildman–Crippen LogP) is 10.4. The van der Waals surface area contributed by atoms with Gasteiger partial charge in [0, 0.05) is 0 Å². The Morgan fingerprint density at radius 3 is 2.43 bits per heavy atom. The SMILES string of the molecule is C/C=C/CCc1cc2ccc([C@@H]3CC[C@@H]4CC(CCCCCCC)CCC4C3)c(F)c2c(F)c1F. The molecule has 3 heteroatoms. The number of benzene rings is 2. The lowest BCUT2D eigenvalue weighted by atomic mass is 9.63. The van der Waals surface area contributed by atoms with Crippen LogP contribution in [0.1, 0.15) is 114 Å². The highest BCUT2D eigenvalue weighted by Gasteiger charge is 2.37. The van der Waals surface area contributed by atoms with E-state index in [0.717, 1.165) is 31.1 Å². The summed E-state index contributed by atoms with van der Waals surface area (Å²) in [7, 11) is 0. The first-order chi connectivity index (χ1) is 17.0. The molecule has 2 aromatic carbocycles. The van der Waals surface area contributed by atoms with E-state index in [2.05, 4.69) is 6.92 Å². The number of aryl methyl sites for hydroxylation is 1. The topological polar surface area (TPSA) is 0 Å². The Kier molecular flexibility index (Phi) is 9.36. The Hall–Kier alpha value is -1.77. The first-order valence-electron chi connectivity index (χ1n) is 14.2. The van der Waals surface area contributed by atoms with Crippen molar-refractivity contribution in [3.05, 3.63) is 58.9 Å². The molecule has 2 aromatic rings. The fraction of sp³-hybridized carbons (Fsp3) is 0.625. The van der Waals surface area contributed by atoms with Gasteiger partial charge in [-0.3, -0.25) is 0 Å². The predicted molar refractivity (Wildman–Crippen MR) is 141 cm³/mol. The number of rotatable bonds is 10. The zero-order chi connectivity index (χ0) is 24.8. The van der Waals surface area contributed by atoms with Gasteiger partial charge in [0.05, 0.1) is 5.39 Å². The molecule has 2 aliphatic rings. The van der Waals surface area contributed by atoms with E-state index in [0.29, 0.717) is 35.3 Å². The van der Waals surface area contributed by atoms with E-state index >= 15 is 8.78 Å². The minimum Gasteiger partial charge on any atom is -0.206 e. The van der Waals surface area contributed by atoms with Crippen LogP contribution in [0.25, 0.3) is 10.8 Å². The van der Waals surface area contributed by atoms with Crippen LogP contribution in [0.15, 0.2) is 30.4 Å². The van der Waals surface area contributed by atoms with Gasteiger partial charge in [0.2, 0.25) is 0 Å². The Morgan fingerprint density at radius 1 is 0.857 bits per heavy atom. The molecule has 192 valence electrons. The standard InChI is InChI=1S/C32H43F3/c1-3-5-7-8-10-11-22-13-14-24-20-25(16-15-23(24)19-22)28-18-17-26-21-27(12-9-6-4-2)30(33)32(35)29(26)31(28)34/h4,6,17-18,21-25H,3,5,7-16,19-20H2,1-2H3/b6-4+/t22?,23-,24?,25-/m1/s1. The van der Waals surface area contributed by atoms with Crippen molar-refractivity contribution in [1.29, 1.82) is 0 Å². The number of hydrogen-bond donors (Lipinski definition) is 0. The van der Waals surface area contributed by atoms with Crippen molar-refractivity contribution in [1.82, 2.24) is 0 Å². The highest BCUT2D eigenvalue weighted by molar-refractivity contribution is 5.85. The molecular weight excluding hydrogens is 441 g/mol. The van der Waals surface area contributed by atoms with Crippen molar-refractivity contribution in [2.75, 3.05) is 0 Å². The molecule has 0 aromatic heterocycles. The summed E-state index contributed by atoms with van der Waals surface area (Å²) in [5.74, 6) is -0.0637. The molecule has 0 bridgehead atoms. The van der Waals surface area contributed by atoms with Gasteiger partial charge in [-0.15, -0.1) is 0 Å². The van der Waals surface area contributed by atoms with Crippen molar-refractivity contribution in [3.63, 3.8) is 0 Å². The number of allylic oxidation sites excluding steroid dienone is 2. The largest absolute Gasteiger partial charge is 0.206 e. The molecule has 0 heterocycles. The van der Waals surface area contributed by atoms with E-state index in [9.17, 15) is 4.39 Å². The quantitative estimate of drug-likeness (QED) is 0.232. The molecule has 0 spiro atoms. The number of halogens is 3. The van der Waals surface area contributed by atoms with Crippen molar-refractivity contribution in [2.45, 2.75) is 110 Å². The van der Waals surface area contributed by atoms with Gasteiger partial charge in [-0.1, -0.05) is 76.2 Å². The molecule has 0 saturated heterocycles. The summed E-state index contributed by atoms with van der Waals surface area (Å²) in [5, 5.41) is 0.303. The lowest BCUT2D eigenvalue weighted by molar-refractivity contribution is 0.112. The van der Waals surface area contributed by atoms with Crippen LogP contribution in [0, 0.1) is 35.2 Å². The summed E-state index contributed by atoms with van der Waals surface area (Å²) in [6.45, 7) is 4.17. The van der Waals surface area contributed by atoms with Crippen LogP contribution in [-0.2, 0) is 6.42 Å². The minimum atomic E-state index is -1.02. The smallest absolute Gasteiger partial charge is 0.169 e. The average molecular weight is 485 g/mol. The first kappa shape index (κ1) is 26.3. The molecular formula is C32H43F3.